The highest BCUT2D eigenvalue weighted by Crippen LogP contribution is 2.41. The third-order valence-corrected chi connectivity index (χ3v) is 5.37. The highest BCUT2D eigenvalue weighted by Gasteiger charge is 2.48. The molecule has 0 saturated carbocycles. The number of amides is 1. The van der Waals surface area contributed by atoms with Gasteiger partial charge in [0.15, 0.2) is 0 Å². The molecule has 4 rings (SSSR count). The second-order valence-electron chi connectivity index (χ2n) is 6.23. The van der Waals surface area contributed by atoms with E-state index in [-0.39, 0.29) is 11.3 Å². The number of carbonyl (C=O) groups is 1. The van der Waals surface area contributed by atoms with Crippen LogP contribution in [0.2, 0.25) is 0 Å². The molecule has 1 spiro atoms. The van der Waals surface area contributed by atoms with Gasteiger partial charge in [0, 0.05) is 42.7 Å². The van der Waals surface area contributed by atoms with Crippen molar-refractivity contribution in [1.82, 2.24) is 14.9 Å². The first kappa shape index (κ1) is 13.8. The van der Waals surface area contributed by atoms with E-state index in [0.29, 0.717) is 6.42 Å². The number of nitrogens with zero attached hydrogens (tertiary/aromatic N) is 4. The Morgan fingerprint density at radius 3 is 2.95 bits per heavy atom. The molecule has 2 fully saturated rings. The van der Waals surface area contributed by atoms with Gasteiger partial charge in [-0.1, -0.05) is 6.07 Å². The van der Waals surface area contributed by atoms with E-state index in [0.717, 1.165) is 43.4 Å². The van der Waals surface area contributed by atoms with Crippen molar-refractivity contribution in [1.29, 1.82) is 0 Å². The van der Waals surface area contributed by atoms with E-state index in [1.54, 1.807) is 17.5 Å². The number of rotatable bonds is 3. The number of likely N-dealkylation sites (tertiary alicyclic amines) is 1. The maximum absolute atomic E-state index is 12.4. The Hall–Kier alpha value is -1.79. The average molecular weight is 314 g/mol. The fourth-order valence-corrected chi connectivity index (χ4v) is 4.23. The fraction of sp³-hybridized carbons (Fsp3) is 0.438. The minimum Gasteiger partial charge on any atom is -0.296 e. The number of thiazole rings is 1. The molecule has 2 saturated heterocycles. The van der Waals surface area contributed by atoms with Crippen molar-refractivity contribution in [3.05, 3.63) is 41.0 Å². The van der Waals surface area contributed by atoms with E-state index in [1.165, 1.54) is 0 Å². The molecule has 2 aromatic rings. The van der Waals surface area contributed by atoms with Gasteiger partial charge in [0.05, 0.1) is 6.54 Å². The van der Waals surface area contributed by atoms with Crippen LogP contribution in [-0.2, 0) is 11.3 Å². The number of carbonyl (C=O) groups excluding carboxylic acids is 1. The maximum Gasteiger partial charge on any atom is 0.228 e. The number of aromatic nitrogens is 2. The minimum atomic E-state index is 0.0892. The molecule has 6 heteroatoms. The Balaban J connectivity index is 1.46. The molecule has 22 heavy (non-hydrogen) atoms. The molecule has 4 heterocycles. The van der Waals surface area contributed by atoms with Gasteiger partial charge in [-0.2, -0.15) is 0 Å². The first-order chi connectivity index (χ1) is 10.7. The number of pyridine rings is 1. The second-order valence-corrected chi connectivity index (χ2v) is 7.21. The van der Waals surface area contributed by atoms with Crippen LogP contribution in [0, 0.1) is 5.41 Å². The van der Waals surface area contributed by atoms with Crippen LogP contribution in [-0.4, -0.2) is 40.4 Å². The normalized spacial score (nSPS) is 25.5. The molecule has 0 N–H and O–H groups in total. The summed E-state index contributed by atoms with van der Waals surface area (Å²) in [5, 5.41) is 3.17. The topological polar surface area (TPSA) is 49.3 Å². The van der Waals surface area contributed by atoms with E-state index in [2.05, 4.69) is 14.9 Å². The van der Waals surface area contributed by atoms with Crippen LogP contribution in [0.4, 0.5) is 5.82 Å². The lowest BCUT2D eigenvalue weighted by Gasteiger charge is -2.23. The lowest BCUT2D eigenvalue weighted by molar-refractivity contribution is -0.117. The van der Waals surface area contributed by atoms with Gasteiger partial charge in [-0.05, 0) is 25.1 Å². The predicted octanol–water partition coefficient (Wildman–Crippen LogP) is 2.17. The van der Waals surface area contributed by atoms with Crippen molar-refractivity contribution in [3.8, 4) is 0 Å². The Bertz CT molecular complexity index is 660. The summed E-state index contributed by atoms with van der Waals surface area (Å²) in [6.45, 7) is 3.71. The molecule has 1 amide bonds. The van der Waals surface area contributed by atoms with Gasteiger partial charge in [-0.25, -0.2) is 9.97 Å². The molecule has 0 radical (unpaired) electrons. The van der Waals surface area contributed by atoms with Crippen molar-refractivity contribution < 1.29 is 4.79 Å². The lowest BCUT2D eigenvalue weighted by Crippen LogP contribution is -2.31. The summed E-state index contributed by atoms with van der Waals surface area (Å²) in [4.78, 5) is 25.4. The van der Waals surface area contributed by atoms with Crippen LogP contribution in [0.15, 0.2) is 36.0 Å². The third kappa shape index (κ3) is 2.53. The van der Waals surface area contributed by atoms with Crippen LogP contribution in [0.25, 0.3) is 0 Å². The Labute approximate surface area is 133 Å². The Kier molecular flexibility index (Phi) is 3.43. The molecule has 1 atom stereocenters. The standard InChI is InChI=1S/C16H18N4OS/c21-15-9-16(12-20(15)13-3-1-2-5-17-13)4-7-19(11-16)10-14-18-6-8-22-14/h1-3,5-6,8H,4,7,9-12H2. The SMILES string of the molecule is O=C1CC2(CCN(Cc3nccs3)C2)CN1c1ccccn1. The third-order valence-electron chi connectivity index (χ3n) is 4.61. The minimum absolute atomic E-state index is 0.0892. The van der Waals surface area contributed by atoms with Crippen molar-refractivity contribution >= 4 is 23.1 Å². The van der Waals surface area contributed by atoms with Crippen LogP contribution in [0.1, 0.15) is 17.8 Å². The first-order valence-electron chi connectivity index (χ1n) is 7.56. The largest absolute Gasteiger partial charge is 0.296 e. The zero-order valence-corrected chi connectivity index (χ0v) is 13.1. The summed E-state index contributed by atoms with van der Waals surface area (Å²) in [6, 6.07) is 5.73. The van der Waals surface area contributed by atoms with Gasteiger partial charge in [-0.15, -0.1) is 11.3 Å². The summed E-state index contributed by atoms with van der Waals surface area (Å²) < 4.78 is 0. The van der Waals surface area contributed by atoms with Crippen molar-refractivity contribution in [2.24, 2.45) is 5.41 Å². The highest BCUT2D eigenvalue weighted by molar-refractivity contribution is 7.09. The number of hydrogen-bond donors (Lipinski definition) is 0. The molecule has 0 aliphatic carbocycles. The average Bonchev–Trinajstić information content (AvgIpc) is 3.23. The Morgan fingerprint density at radius 1 is 1.23 bits per heavy atom. The first-order valence-corrected chi connectivity index (χ1v) is 8.44. The van der Waals surface area contributed by atoms with Crippen molar-refractivity contribution in [2.75, 3.05) is 24.5 Å². The van der Waals surface area contributed by atoms with Gasteiger partial charge < -0.3 is 0 Å². The molecule has 2 aliphatic rings. The van der Waals surface area contributed by atoms with Crippen LogP contribution in [0.3, 0.4) is 0 Å². The molecular formula is C16H18N4OS. The second kappa shape index (κ2) is 5.44. The van der Waals surface area contributed by atoms with Crippen molar-refractivity contribution in [3.63, 3.8) is 0 Å². The van der Waals surface area contributed by atoms with Gasteiger partial charge in [0.1, 0.15) is 10.8 Å². The van der Waals surface area contributed by atoms with Crippen LogP contribution in [0.5, 0.6) is 0 Å². The highest BCUT2D eigenvalue weighted by atomic mass is 32.1. The number of anilines is 1. The molecule has 2 aromatic heterocycles. The Morgan fingerprint density at radius 2 is 2.18 bits per heavy atom. The van der Waals surface area contributed by atoms with E-state index in [9.17, 15) is 4.79 Å². The van der Waals surface area contributed by atoms with Crippen LogP contribution >= 0.6 is 11.3 Å². The molecular weight excluding hydrogens is 296 g/mol. The molecule has 114 valence electrons. The summed E-state index contributed by atoms with van der Waals surface area (Å²) in [7, 11) is 0. The van der Waals surface area contributed by atoms with E-state index in [4.69, 9.17) is 0 Å². The summed E-state index contributed by atoms with van der Waals surface area (Å²) in [5.41, 5.74) is 0.0892. The predicted molar refractivity (Wildman–Crippen MR) is 85.6 cm³/mol. The summed E-state index contributed by atoms with van der Waals surface area (Å²) in [5.74, 6) is 0.984. The molecule has 1 unspecified atom stereocenters. The van der Waals surface area contributed by atoms with E-state index >= 15 is 0 Å². The molecule has 0 bridgehead atoms. The monoisotopic (exact) mass is 314 g/mol. The number of hydrogen-bond acceptors (Lipinski definition) is 5. The van der Waals surface area contributed by atoms with Crippen LogP contribution < -0.4 is 4.90 Å². The van der Waals surface area contributed by atoms with Gasteiger partial charge >= 0.3 is 0 Å². The van der Waals surface area contributed by atoms with Gasteiger partial charge in [-0.3, -0.25) is 14.6 Å². The molecule has 2 aliphatic heterocycles. The van der Waals surface area contributed by atoms with E-state index < -0.39 is 0 Å². The fourth-order valence-electron chi connectivity index (χ4n) is 3.58. The van der Waals surface area contributed by atoms with Crippen molar-refractivity contribution in [2.45, 2.75) is 19.4 Å². The lowest BCUT2D eigenvalue weighted by atomic mass is 9.86. The zero-order valence-electron chi connectivity index (χ0n) is 12.3. The van der Waals surface area contributed by atoms with Gasteiger partial charge in [0.2, 0.25) is 5.91 Å². The quantitative estimate of drug-likeness (QED) is 0.871. The summed E-state index contributed by atoms with van der Waals surface area (Å²) in [6.07, 6.45) is 5.32. The molecule has 0 aromatic carbocycles. The smallest absolute Gasteiger partial charge is 0.228 e. The van der Waals surface area contributed by atoms with E-state index in [1.807, 2.05) is 34.7 Å². The zero-order chi connectivity index (χ0) is 15.0. The molecule has 5 nitrogen and oxygen atoms in total. The maximum atomic E-state index is 12.4. The summed E-state index contributed by atoms with van der Waals surface area (Å²) >= 11 is 1.70. The van der Waals surface area contributed by atoms with Gasteiger partial charge in [0.25, 0.3) is 0 Å².